The van der Waals surface area contributed by atoms with E-state index in [0.717, 1.165) is 29.0 Å². The van der Waals surface area contributed by atoms with Gasteiger partial charge in [-0.2, -0.15) is 5.26 Å². The highest BCUT2D eigenvalue weighted by atomic mass is 16.5. The molecule has 1 aliphatic carbocycles. The van der Waals surface area contributed by atoms with Crippen LogP contribution in [0.2, 0.25) is 0 Å². The van der Waals surface area contributed by atoms with Crippen LogP contribution in [0.15, 0.2) is 12.1 Å². The molecule has 3 nitrogen and oxygen atoms in total. The summed E-state index contributed by atoms with van der Waals surface area (Å²) in [6, 6.07) is 6.26. The molecule has 0 bridgehead atoms. The molecule has 1 saturated carbocycles. The molecular weight excluding hydrogens is 202 g/mol. The van der Waals surface area contributed by atoms with Crippen molar-refractivity contribution in [1.82, 2.24) is 0 Å². The highest BCUT2D eigenvalue weighted by Crippen LogP contribution is 2.51. The van der Waals surface area contributed by atoms with Crippen molar-refractivity contribution >= 4 is 0 Å². The summed E-state index contributed by atoms with van der Waals surface area (Å²) < 4.78 is 10.6. The molecule has 1 aromatic rings. The van der Waals surface area contributed by atoms with Crippen molar-refractivity contribution in [2.24, 2.45) is 5.92 Å². The van der Waals surface area contributed by atoms with E-state index >= 15 is 0 Å². The third-order valence-corrected chi connectivity index (χ3v) is 3.10. The Hall–Kier alpha value is -1.69. The second-order valence-corrected chi connectivity index (χ2v) is 4.14. The highest BCUT2D eigenvalue weighted by Gasteiger charge is 2.40. The summed E-state index contributed by atoms with van der Waals surface area (Å²) >= 11 is 0. The van der Waals surface area contributed by atoms with Crippen molar-refractivity contribution in [2.45, 2.75) is 19.3 Å². The van der Waals surface area contributed by atoms with E-state index in [1.165, 1.54) is 0 Å². The minimum atomic E-state index is 0.140. The fraction of sp³-hybridized carbons (Fsp3) is 0.462. The lowest BCUT2D eigenvalue weighted by atomic mass is 10.0. The minimum Gasteiger partial charge on any atom is -0.496 e. The number of hydrogen-bond acceptors (Lipinski definition) is 3. The minimum absolute atomic E-state index is 0.140. The lowest BCUT2D eigenvalue weighted by Gasteiger charge is -2.12. The van der Waals surface area contributed by atoms with E-state index in [1.54, 1.807) is 14.2 Å². The first-order chi connectivity index (χ1) is 7.71. The highest BCUT2D eigenvalue weighted by molar-refractivity contribution is 5.50. The van der Waals surface area contributed by atoms with Gasteiger partial charge in [-0.05, 0) is 31.0 Å². The van der Waals surface area contributed by atoms with Gasteiger partial charge in [0.15, 0.2) is 0 Å². The SMILES string of the molecule is COc1cc(C2CC2C#N)c(OC)cc1C. The predicted octanol–water partition coefficient (Wildman–Crippen LogP) is 2.64. The second-order valence-electron chi connectivity index (χ2n) is 4.14. The number of benzene rings is 1. The molecular formula is C13H15NO2. The molecule has 2 unspecified atom stereocenters. The van der Waals surface area contributed by atoms with E-state index in [4.69, 9.17) is 14.7 Å². The van der Waals surface area contributed by atoms with Crippen molar-refractivity contribution in [1.29, 1.82) is 5.26 Å². The van der Waals surface area contributed by atoms with Gasteiger partial charge in [-0.15, -0.1) is 0 Å². The van der Waals surface area contributed by atoms with Gasteiger partial charge in [-0.25, -0.2) is 0 Å². The molecule has 0 saturated heterocycles. The van der Waals surface area contributed by atoms with E-state index in [0.29, 0.717) is 5.92 Å². The van der Waals surface area contributed by atoms with Gasteiger partial charge in [-0.1, -0.05) is 0 Å². The maximum Gasteiger partial charge on any atom is 0.122 e. The van der Waals surface area contributed by atoms with Crippen molar-refractivity contribution in [3.05, 3.63) is 23.3 Å². The number of rotatable bonds is 3. The van der Waals surface area contributed by atoms with Gasteiger partial charge in [0.2, 0.25) is 0 Å². The summed E-state index contributed by atoms with van der Waals surface area (Å²) in [6.45, 7) is 1.99. The van der Waals surface area contributed by atoms with E-state index in [9.17, 15) is 0 Å². The number of ether oxygens (including phenoxy) is 2. The molecule has 0 aliphatic heterocycles. The largest absolute Gasteiger partial charge is 0.496 e. The third kappa shape index (κ3) is 1.71. The zero-order valence-corrected chi connectivity index (χ0v) is 9.78. The number of hydrogen-bond donors (Lipinski definition) is 0. The first-order valence-corrected chi connectivity index (χ1v) is 5.33. The summed E-state index contributed by atoms with van der Waals surface area (Å²) in [5, 5.41) is 8.86. The van der Waals surface area contributed by atoms with Gasteiger partial charge in [0.05, 0.1) is 26.2 Å². The van der Waals surface area contributed by atoms with Gasteiger partial charge in [0, 0.05) is 11.5 Å². The van der Waals surface area contributed by atoms with Crippen molar-refractivity contribution in [2.75, 3.05) is 14.2 Å². The average Bonchev–Trinajstić information content (AvgIpc) is 3.07. The first kappa shape index (κ1) is 10.8. The second kappa shape index (κ2) is 4.05. The lowest BCUT2D eigenvalue weighted by molar-refractivity contribution is 0.396. The maximum atomic E-state index is 8.86. The summed E-state index contributed by atoms with van der Waals surface area (Å²) in [5.74, 6) is 2.18. The van der Waals surface area contributed by atoms with Crippen LogP contribution in [-0.2, 0) is 0 Å². The Kier molecular flexibility index (Phi) is 2.74. The van der Waals surface area contributed by atoms with Crippen molar-refractivity contribution in [3.63, 3.8) is 0 Å². The Bertz CT molecular complexity index is 448. The zero-order valence-electron chi connectivity index (χ0n) is 9.78. The van der Waals surface area contributed by atoms with Gasteiger partial charge in [0.1, 0.15) is 11.5 Å². The molecule has 0 aromatic heterocycles. The van der Waals surface area contributed by atoms with Crippen LogP contribution in [-0.4, -0.2) is 14.2 Å². The predicted molar refractivity (Wildman–Crippen MR) is 60.7 cm³/mol. The third-order valence-electron chi connectivity index (χ3n) is 3.10. The maximum absolute atomic E-state index is 8.86. The molecule has 1 aromatic carbocycles. The zero-order chi connectivity index (χ0) is 11.7. The Morgan fingerprint density at radius 1 is 1.25 bits per heavy atom. The van der Waals surface area contributed by atoms with E-state index in [1.807, 2.05) is 19.1 Å². The fourth-order valence-corrected chi connectivity index (χ4v) is 2.05. The topological polar surface area (TPSA) is 42.2 Å². The summed E-state index contributed by atoms with van der Waals surface area (Å²) in [7, 11) is 3.32. The van der Waals surface area contributed by atoms with Crippen LogP contribution in [0.1, 0.15) is 23.5 Å². The molecule has 84 valence electrons. The van der Waals surface area contributed by atoms with Gasteiger partial charge < -0.3 is 9.47 Å². The molecule has 0 N–H and O–H groups in total. The molecule has 2 atom stereocenters. The summed E-state index contributed by atoms with van der Waals surface area (Å²) in [6.07, 6.45) is 0.930. The van der Waals surface area contributed by atoms with Crippen LogP contribution < -0.4 is 9.47 Å². The van der Waals surface area contributed by atoms with E-state index < -0.39 is 0 Å². The molecule has 0 radical (unpaired) electrons. The molecule has 2 rings (SSSR count). The van der Waals surface area contributed by atoms with E-state index in [-0.39, 0.29) is 5.92 Å². The molecule has 0 amide bonds. The number of nitrogens with zero attached hydrogens (tertiary/aromatic N) is 1. The quantitative estimate of drug-likeness (QED) is 0.781. The summed E-state index contributed by atoms with van der Waals surface area (Å²) in [5.41, 5.74) is 2.15. The van der Waals surface area contributed by atoms with E-state index in [2.05, 4.69) is 6.07 Å². The number of methoxy groups -OCH3 is 2. The van der Waals surface area contributed by atoms with Crippen LogP contribution in [0.3, 0.4) is 0 Å². The van der Waals surface area contributed by atoms with Gasteiger partial charge in [-0.3, -0.25) is 0 Å². The monoisotopic (exact) mass is 217 g/mol. The standard InChI is InChI=1S/C13H15NO2/c1-8-4-13(16-3)11(6-12(8)15-2)10-5-9(10)7-14/h4,6,9-10H,5H2,1-3H3. The lowest BCUT2D eigenvalue weighted by Crippen LogP contribution is -1.95. The number of aryl methyl sites for hydroxylation is 1. The van der Waals surface area contributed by atoms with Crippen LogP contribution >= 0.6 is 0 Å². The summed E-state index contributed by atoms with van der Waals surface area (Å²) in [4.78, 5) is 0. The molecule has 16 heavy (non-hydrogen) atoms. The van der Waals surface area contributed by atoms with Crippen LogP contribution in [0.4, 0.5) is 0 Å². The van der Waals surface area contributed by atoms with Crippen LogP contribution in [0, 0.1) is 24.2 Å². The fourth-order valence-electron chi connectivity index (χ4n) is 2.05. The van der Waals surface area contributed by atoms with Crippen LogP contribution in [0.5, 0.6) is 11.5 Å². The molecule has 3 heteroatoms. The molecule has 0 heterocycles. The van der Waals surface area contributed by atoms with Crippen LogP contribution in [0.25, 0.3) is 0 Å². The van der Waals surface area contributed by atoms with Gasteiger partial charge >= 0.3 is 0 Å². The first-order valence-electron chi connectivity index (χ1n) is 5.33. The Morgan fingerprint density at radius 2 is 1.94 bits per heavy atom. The van der Waals surface area contributed by atoms with Crippen molar-refractivity contribution in [3.8, 4) is 17.6 Å². The molecule has 0 spiro atoms. The molecule has 1 fully saturated rings. The van der Waals surface area contributed by atoms with Crippen molar-refractivity contribution < 1.29 is 9.47 Å². The number of nitriles is 1. The average molecular weight is 217 g/mol. The Balaban J connectivity index is 2.40. The Labute approximate surface area is 95.6 Å². The normalized spacial score (nSPS) is 22.4. The molecule has 1 aliphatic rings. The Morgan fingerprint density at radius 3 is 2.44 bits per heavy atom. The smallest absolute Gasteiger partial charge is 0.122 e. The van der Waals surface area contributed by atoms with Gasteiger partial charge in [0.25, 0.3) is 0 Å².